The molecule has 0 radical (unpaired) electrons. The Bertz CT molecular complexity index is 708. The molecule has 6 heteroatoms. The van der Waals surface area contributed by atoms with Crippen LogP contribution >= 0.6 is 0 Å². The predicted molar refractivity (Wildman–Crippen MR) is 88.2 cm³/mol. The lowest BCUT2D eigenvalue weighted by molar-refractivity contribution is 0.120. The number of hydrogen-bond donors (Lipinski definition) is 2. The van der Waals surface area contributed by atoms with Crippen LogP contribution in [0.25, 0.3) is 5.57 Å². The zero-order valence-corrected chi connectivity index (χ0v) is 13.0. The van der Waals surface area contributed by atoms with Crippen LogP contribution in [-0.4, -0.2) is 29.2 Å². The number of nitrogens with one attached hydrogen (secondary N) is 2. The number of rotatable bonds is 4. The van der Waals surface area contributed by atoms with Crippen LogP contribution in [0, 0.1) is 18.3 Å². The minimum Gasteiger partial charge on any atom is -0.376 e. The highest BCUT2D eigenvalue weighted by Crippen LogP contribution is 2.21. The molecule has 1 aromatic rings. The molecule has 0 aliphatic carbocycles. The summed E-state index contributed by atoms with van der Waals surface area (Å²) in [4.78, 5) is 8.82. The topological polar surface area (TPSA) is 82.9 Å². The van der Waals surface area contributed by atoms with E-state index in [4.69, 9.17) is 4.74 Å². The van der Waals surface area contributed by atoms with E-state index >= 15 is 0 Å². The van der Waals surface area contributed by atoms with Crippen molar-refractivity contribution in [1.29, 1.82) is 5.26 Å². The lowest BCUT2D eigenvalue weighted by Crippen LogP contribution is -2.20. The monoisotopic (exact) mass is 309 g/mol. The summed E-state index contributed by atoms with van der Waals surface area (Å²) < 4.78 is 5.59. The summed E-state index contributed by atoms with van der Waals surface area (Å²) in [5.74, 6) is 0.518. The van der Waals surface area contributed by atoms with Gasteiger partial charge in [-0.25, -0.2) is 9.97 Å². The molecule has 0 spiro atoms. The van der Waals surface area contributed by atoms with Gasteiger partial charge in [-0.2, -0.15) is 5.26 Å². The average molecular weight is 309 g/mol. The first-order valence-electron chi connectivity index (χ1n) is 7.71. The Balaban J connectivity index is 1.83. The summed E-state index contributed by atoms with van der Waals surface area (Å²) in [6.07, 6.45) is 11.5. The molecule has 3 rings (SSSR count). The van der Waals surface area contributed by atoms with Gasteiger partial charge in [0.15, 0.2) is 0 Å². The van der Waals surface area contributed by atoms with Crippen LogP contribution in [0.1, 0.15) is 24.1 Å². The quantitative estimate of drug-likeness (QED) is 0.830. The Morgan fingerprint density at radius 3 is 3.13 bits per heavy atom. The van der Waals surface area contributed by atoms with Gasteiger partial charge in [-0.3, -0.25) is 0 Å². The summed E-state index contributed by atoms with van der Waals surface area (Å²) >= 11 is 0. The van der Waals surface area contributed by atoms with Crippen molar-refractivity contribution in [3.8, 4) is 6.07 Å². The molecular weight excluding hydrogens is 290 g/mol. The van der Waals surface area contributed by atoms with E-state index in [1.54, 1.807) is 12.4 Å². The standard InChI is InChI=1S/C17H19N5O/c1-12-10-20-17(21-11-13-5-4-8-23-13)22-16(12)14(9-18)15-6-2-3-7-19-15/h2-3,6-7,10,13,19H,4-5,8,11H2,1H3,(H,20,21,22)/b15-14+. The first-order valence-corrected chi connectivity index (χ1v) is 7.71. The van der Waals surface area contributed by atoms with Gasteiger partial charge < -0.3 is 15.4 Å². The van der Waals surface area contributed by atoms with Crippen molar-refractivity contribution in [1.82, 2.24) is 15.3 Å². The number of nitrogens with zero attached hydrogens (tertiary/aromatic N) is 3. The van der Waals surface area contributed by atoms with Crippen LogP contribution in [0.5, 0.6) is 0 Å². The first kappa shape index (κ1) is 15.3. The third-order valence-electron chi connectivity index (χ3n) is 3.81. The molecule has 1 aromatic heterocycles. The molecule has 2 aliphatic heterocycles. The normalized spacial score (nSPS) is 21.7. The van der Waals surface area contributed by atoms with Gasteiger partial charge in [0.1, 0.15) is 11.6 Å². The van der Waals surface area contributed by atoms with E-state index in [2.05, 4.69) is 26.7 Å². The van der Waals surface area contributed by atoms with Crippen molar-refractivity contribution in [3.05, 3.63) is 47.6 Å². The van der Waals surface area contributed by atoms with E-state index in [0.717, 1.165) is 30.7 Å². The van der Waals surface area contributed by atoms with Gasteiger partial charge in [0.25, 0.3) is 0 Å². The van der Waals surface area contributed by atoms with E-state index in [9.17, 15) is 5.26 Å². The molecule has 2 aliphatic rings. The smallest absolute Gasteiger partial charge is 0.223 e. The van der Waals surface area contributed by atoms with Gasteiger partial charge in [-0.15, -0.1) is 0 Å². The number of nitriles is 1. The Morgan fingerprint density at radius 1 is 1.52 bits per heavy atom. The maximum atomic E-state index is 9.54. The molecule has 0 amide bonds. The zero-order valence-electron chi connectivity index (χ0n) is 13.0. The number of aryl methyl sites for hydroxylation is 1. The zero-order chi connectivity index (χ0) is 16.1. The molecular formula is C17H19N5O. The van der Waals surface area contributed by atoms with Crippen LogP contribution in [-0.2, 0) is 4.74 Å². The summed E-state index contributed by atoms with van der Waals surface area (Å²) in [7, 11) is 0. The Hall–Kier alpha value is -2.65. The van der Waals surface area contributed by atoms with Crippen molar-refractivity contribution in [2.45, 2.75) is 25.9 Å². The predicted octanol–water partition coefficient (Wildman–Crippen LogP) is 2.28. The van der Waals surface area contributed by atoms with Gasteiger partial charge in [0.05, 0.1) is 17.5 Å². The SMILES string of the molecule is Cc1cnc(NCC2CCCO2)nc1/C(C#N)=C1\C=CC=CN1. The number of dihydropyridines is 1. The van der Waals surface area contributed by atoms with E-state index in [1.165, 1.54) is 0 Å². The Kier molecular flexibility index (Phi) is 4.69. The van der Waals surface area contributed by atoms with E-state index in [1.807, 2.05) is 25.2 Å². The summed E-state index contributed by atoms with van der Waals surface area (Å²) in [5, 5.41) is 15.8. The van der Waals surface area contributed by atoms with Gasteiger partial charge in [-0.05, 0) is 37.5 Å². The Labute approximate surface area is 135 Å². The third kappa shape index (κ3) is 3.58. The van der Waals surface area contributed by atoms with Gasteiger partial charge in [-0.1, -0.05) is 6.08 Å². The molecule has 118 valence electrons. The van der Waals surface area contributed by atoms with Crippen molar-refractivity contribution >= 4 is 11.5 Å². The van der Waals surface area contributed by atoms with Gasteiger partial charge >= 0.3 is 0 Å². The van der Waals surface area contributed by atoms with Crippen molar-refractivity contribution in [3.63, 3.8) is 0 Å². The molecule has 1 saturated heterocycles. The number of hydrogen-bond acceptors (Lipinski definition) is 6. The van der Waals surface area contributed by atoms with Crippen LogP contribution in [0.3, 0.4) is 0 Å². The first-order chi connectivity index (χ1) is 11.3. The summed E-state index contributed by atoms with van der Waals surface area (Å²) in [6, 6.07) is 2.24. The number of anilines is 1. The fourth-order valence-electron chi connectivity index (χ4n) is 2.58. The molecule has 0 bridgehead atoms. The summed E-state index contributed by atoms with van der Waals surface area (Å²) in [5.41, 5.74) is 2.74. The molecule has 23 heavy (non-hydrogen) atoms. The average Bonchev–Trinajstić information content (AvgIpc) is 3.10. The highest BCUT2D eigenvalue weighted by molar-refractivity contribution is 5.80. The van der Waals surface area contributed by atoms with Crippen LogP contribution < -0.4 is 10.6 Å². The fraction of sp³-hybridized carbons (Fsp3) is 0.353. The molecule has 1 fully saturated rings. The van der Waals surface area contributed by atoms with Gasteiger partial charge in [0, 0.05) is 25.5 Å². The minimum atomic E-state index is 0.213. The number of ether oxygens (including phenoxy) is 1. The maximum Gasteiger partial charge on any atom is 0.223 e. The fourth-order valence-corrected chi connectivity index (χ4v) is 2.58. The number of aromatic nitrogens is 2. The van der Waals surface area contributed by atoms with Crippen LogP contribution in [0.2, 0.25) is 0 Å². The lowest BCUT2D eigenvalue weighted by Gasteiger charge is -2.13. The largest absolute Gasteiger partial charge is 0.376 e. The second-order valence-electron chi connectivity index (χ2n) is 5.50. The van der Waals surface area contributed by atoms with Crippen LogP contribution in [0.15, 0.2) is 36.3 Å². The molecule has 3 heterocycles. The van der Waals surface area contributed by atoms with E-state index < -0.39 is 0 Å². The van der Waals surface area contributed by atoms with Crippen molar-refractivity contribution < 1.29 is 4.74 Å². The van der Waals surface area contributed by atoms with Crippen molar-refractivity contribution in [2.24, 2.45) is 0 Å². The van der Waals surface area contributed by atoms with E-state index in [-0.39, 0.29) is 6.10 Å². The molecule has 0 saturated carbocycles. The molecule has 2 N–H and O–H groups in total. The molecule has 1 unspecified atom stereocenters. The maximum absolute atomic E-state index is 9.54. The molecule has 6 nitrogen and oxygen atoms in total. The summed E-state index contributed by atoms with van der Waals surface area (Å²) in [6.45, 7) is 3.41. The van der Waals surface area contributed by atoms with E-state index in [0.29, 0.717) is 23.8 Å². The second kappa shape index (κ2) is 7.07. The van der Waals surface area contributed by atoms with Gasteiger partial charge in [0.2, 0.25) is 5.95 Å². The molecule has 1 atom stereocenters. The highest BCUT2D eigenvalue weighted by atomic mass is 16.5. The molecule has 0 aromatic carbocycles. The third-order valence-corrected chi connectivity index (χ3v) is 3.81. The minimum absolute atomic E-state index is 0.213. The van der Waals surface area contributed by atoms with Crippen LogP contribution in [0.4, 0.5) is 5.95 Å². The second-order valence-corrected chi connectivity index (χ2v) is 5.50. The highest BCUT2D eigenvalue weighted by Gasteiger charge is 2.17. The number of allylic oxidation sites excluding steroid dienone is 4. The lowest BCUT2D eigenvalue weighted by atomic mass is 10.1. The van der Waals surface area contributed by atoms with Crippen molar-refractivity contribution in [2.75, 3.05) is 18.5 Å². The Morgan fingerprint density at radius 2 is 2.43 bits per heavy atom.